The van der Waals surface area contributed by atoms with Gasteiger partial charge in [0.15, 0.2) is 0 Å². The Balaban J connectivity index is 1.70. The van der Waals surface area contributed by atoms with Crippen molar-refractivity contribution in [3.8, 4) is 0 Å². The van der Waals surface area contributed by atoms with Crippen LogP contribution >= 0.6 is 23.2 Å². The van der Waals surface area contributed by atoms with Crippen molar-refractivity contribution in [1.29, 1.82) is 0 Å². The topological polar surface area (TPSA) is 92.6 Å². The zero-order valence-corrected chi connectivity index (χ0v) is 14.8. The lowest BCUT2D eigenvalue weighted by molar-refractivity contribution is -0.384. The van der Waals surface area contributed by atoms with E-state index in [2.05, 4.69) is 5.32 Å². The number of nitrogens with zero attached hydrogens (tertiary/aromatic N) is 2. The lowest BCUT2D eigenvalue weighted by Gasteiger charge is -2.16. The fourth-order valence-corrected chi connectivity index (χ4v) is 3.17. The lowest BCUT2D eigenvalue weighted by atomic mass is 10.1. The fourth-order valence-electron chi connectivity index (χ4n) is 2.71. The van der Waals surface area contributed by atoms with Crippen molar-refractivity contribution in [3.05, 3.63) is 62.6 Å². The number of anilines is 2. The van der Waals surface area contributed by atoms with Crippen LogP contribution in [0.5, 0.6) is 0 Å². The number of benzene rings is 2. The maximum Gasteiger partial charge on any atom is 0.269 e. The van der Waals surface area contributed by atoms with Crippen molar-refractivity contribution >= 4 is 52.1 Å². The van der Waals surface area contributed by atoms with Gasteiger partial charge in [-0.3, -0.25) is 19.7 Å². The van der Waals surface area contributed by atoms with E-state index >= 15 is 0 Å². The number of hydrogen-bond acceptors (Lipinski definition) is 4. The molecule has 1 saturated heterocycles. The van der Waals surface area contributed by atoms with Crippen molar-refractivity contribution in [2.75, 3.05) is 16.8 Å². The van der Waals surface area contributed by atoms with E-state index in [1.54, 1.807) is 12.1 Å². The summed E-state index contributed by atoms with van der Waals surface area (Å²) in [4.78, 5) is 36.3. The molecule has 134 valence electrons. The van der Waals surface area contributed by atoms with E-state index in [1.807, 2.05) is 0 Å². The number of nitro groups is 1. The van der Waals surface area contributed by atoms with E-state index in [4.69, 9.17) is 23.2 Å². The van der Waals surface area contributed by atoms with Crippen molar-refractivity contribution in [3.63, 3.8) is 0 Å². The Morgan fingerprint density at radius 2 is 1.88 bits per heavy atom. The molecule has 0 unspecified atom stereocenters. The SMILES string of the molecule is O=C(Nc1ccc(Cl)cc1Cl)[C@@H]1CC(=O)N(c2ccc([N+](=O)[O-])cc2)C1. The first-order chi connectivity index (χ1) is 12.3. The Hall–Kier alpha value is -2.64. The van der Waals surface area contributed by atoms with Gasteiger partial charge >= 0.3 is 0 Å². The molecule has 0 radical (unpaired) electrons. The van der Waals surface area contributed by atoms with E-state index in [0.29, 0.717) is 21.4 Å². The third-order valence-electron chi connectivity index (χ3n) is 4.06. The molecule has 0 aliphatic carbocycles. The second-order valence-electron chi connectivity index (χ2n) is 5.79. The number of rotatable bonds is 4. The zero-order chi connectivity index (χ0) is 18.8. The van der Waals surface area contributed by atoms with E-state index in [-0.39, 0.29) is 30.5 Å². The highest BCUT2D eigenvalue weighted by molar-refractivity contribution is 6.36. The molecule has 0 saturated carbocycles. The summed E-state index contributed by atoms with van der Waals surface area (Å²) in [6, 6.07) is 10.3. The predicted molar refractivity (Wildman–Crippen MR) is 98.6 cm³/mol. The number of nitro benzene ring substituents is 1. The van der Waals surface area contributed by atoms with Crippen LogP contribution in [0.4, 0.5) is 17.1 Å². The number of non-ortho nitro benzene ring substituents is 1. The Kier molecular flexibility index (Phi) is 5.11. The third kappa shape index (κ3) is 3.79. The van der Waals surface area contributed by atoms with Gasteiger partial charge in [-0.2, -0.15) is 0 Å². The molecule has 1 atom stereocenters. The van der Waals surface area contributed by atoms with Crippen LogP contribution in [0.25, 0.3) is 0 Å². The average Bonchev–Trinajstić information content (AvgIpc) is 2.99. The summed E-state index contributed by atoms with van der Waals surface area (Å²) in [6.45, 7) is 0.188. The molecule has 26 heavy (non-hydrogen) atoms. The Morgan fingerprint density at radius 3 is 2.50 bits per heavy atom. The molecule has 3 rings (SSSR count). The highest BCUT2D eigenvalue weighted by Gasteiger charge is 2.35. The first-order valence-corrected chi connectivity index (χ1v) is 8.41. The second kappa shape index (κ2) is 7.31. The van der Waals surface area contributed by atoms with Crippen LogP contribution in [-0.2, 0) is 9.59 Å². The zero-order valence-electron chi connectivity index (χ0n) is 13.3. The normalized spacial score (nSPS) is 16.6. The van der Waals surface area contributed by atoms with Crippen LogP contribution in [0.1, 0.15) is 6.42 Å². The Labute approximate surface area is 158 Å². The minimum atomic E-state index is -0.551. The molecule has 0 aromatic heterocycles. The summed E-state index contributed by atoms with van der Waals surface area (Å²) in [6.07, 6.45) is 0.0496. The lowest BCUT2D eigenvalue weighted by Crippen LogP contribution is -2.28. The molecule has 1 aliphatic rings. The van der Waals surface area contributed by atoms with E-state index in [0.717, 1.165) is 0 Å². The van der Waals surface area contributed by atoms with Gasteiger partial charge in [0.25, 0.3) is 5.69 Å². The number of carbonyl (C=O) groups excluding carboxylic acids is 2. The molecule has 2 aromatic carbocycles. The highest BCUT2D eigenvalue weighted by Crippen LogP contribution is 2.29. The van der Waals surface area contributed by atoms with Gasteiger partial charge in [0.05, 0.1) is 21.6 Å². The molecule has 7 nitrogen and oxygen atoms in total. The number of nitrogens with one attached hydrogen (secondary N) is 1. The fraction of sp³-hybridized carbons (Fsp3) is 0.176. The van der Waals surface area contributed by atoms with Gasteiger partial charge < -0.3 is 10.2 Å². The maximum absolute atomic E-state index is 12.4. The van der Waals surface area contributed by atoms with Crippen molar-refractivity contribution in [2.45, 2.75) is 6.42 Å². The molecule has 2 amide bonds. The third-order valence-corrected chi connectivity index (χ3v) is 4.60. The van der Waals surface area contributed by atoms with Crippen LogP contribution in [0, 0.1) is 16.0 Å². The molecule has 1 aliphatic heterocycles. The quantitative estimate of drug-likeness (QED) is 0.629. The van der Waals surface area contributed by atoms with Crippen molar-refractivity contribution in [1.82, 2.24) is 0 Å². The molecule has 0 spiro atoms. The van der Waals surface area contributed by atoms with E-state index in [9.17, 15) is 19.7 Å². The monoisotopic (exact) mass is 393 g/mol. The summed E-state index contributed by atoms with van der Waals surface area (Å²) >= 11 is 11.9. The number of halogens is 2. The Morgan fingerprint density at radius 1 is 1.19 bits per heavy atom. The second-order valence-corrected chi connectivity index (χ2v) is 6.64. The van der Waals surface area contributed by atoms with Gasteiger partial charge in [0, 0.05) is 35.8 Å². The first-order valence-electron chi connectivity index (χ1n) is 7.66. The average molecular weight is 394 g/mol. The standard InChI is InChI=1S/C17H13Cl2N3O4/c18-11-1-6-15(14(19)8-11)20-17(24)10-7-16(23)21(9-10)12-2-4-13(5-3-12)22(25)26/h1-6,8,10H,7,9H2,(H,20,24)/t10-/m1/s1. The van der Waals surface area contributed by atoms with Crippen LogP contribution < -0.4 is 10.2 Å². The first kappa shape index (κ1) is 18.2. The summed E-state index contributed by atoms with van der Waals surface area (Å²) in [7, 11) is 0. The predicted octanol–water partition coefficient (Wildman–Crippen LogP) is 3.89. The summed E-state index contributed by atoms with van der Waals surface area (Å²) in [5, 5.41) is 14.2. The minimum absolute atomic E-state index is 0.0496. The van der Waals surface area contributed by atoms with Gasteiger partial charge in [0.2, 0.25) is 11.8 Å². The van der Waals surface area contributed by atoms with Crippen molar-refractivity contribution in [2.24, 2.45) is 5.92 Å². The molecule has 1 N–H and O–H groups in total. The van der Waals surface area contributed by atoms with E-state index in [1.165, 1.54) is 35.2 Å². The van der Waals surface area contributed by atoms with Crippen molar-refractivity contribution < 1.29 is 14.5 Å². The van der Waals surface area contributed by atoms with Crippen LogP contribution in [-0.4, -0.2) is 23.3 Å². The molecule has 2 aromatic rings. The van der Waals surface area contributed by atoms with Gasteiger partial charge in [0.1, 0.15) is 0 Å². The molecular weight excluding hydrogens is 381 g/mol. The summed E-state index contributed by atoms with van der Waals surface area (Å²) in [5.41, 5.74) is 0.870. The Bertz CT molecular complexity index is 886. The molecule has 0 bridgehead atoms. The minimum Gasteiger partial charge on any atom is -0.324 e. The van der Waals surface area contributed by atoms with Gasteiger partial charge in [-0.25, -0.2) is 0 Å². The largest absolute Gasteiger partial charge is 0.324 e. The highest BCUT2D eigenvalue weighted by atomic mass is 35.5. The number of amides is 2. The van der Waals surface area contributed by atoms with Crippen LogP contribution in [0.3, 0.4) is 0 Å². The summed E-state index contributed by atoms with van der Waals surface area (Å²) in [5.74, 6) is -1.10. The number of hydrogen-bond donors (Lipinski definition) is 1. The molecule has 9 heteroatoms. The summed E-state index contributed by atoms with van der Waals surface area (Å²) < 4.78 is 0. The molecule has 1 heterocycles. The van der Waals surface area contributed by atoms with E-state index < -0.39 is 10.8 Å². The van der Waals surface area contributed by atoms with Crippen LogP contribution in [0.15, 0.2) is 42.5 Å². The smallest absolute Gasteiger partial charge is 0.269 e. The maximum atomic E-state index is 12.4. The van der Waals surface area contributed by atoms with Gasteiger partial charge in [-0.1, -0.05) is 23.2 Å². The number of carbonyl (C=O) groups is 2. The van der Waals surface area contributed by atoms with Gasteiger partial charge in [-0.05, 0) is 30.3 Å². The molecule has 1 fully saturated rings. The molecular formula is C17H13Cl2N3O4. The van der Waals surface area contributed by atoms with Crippen LogP contribution in [0.2, 0.25) is 10.0 Å². The van der Waals surface area contributed by atoms with Gasteiger partial charge in [-0.15, -0.1) is 0 Å².